The lowest BCUT2D eigenvalue weighted by atomic mass is 10.3. The molecule has 0 spiro atoms. The van der Waals surface area contributed by atoms with Crippen molar-refractivity contribution in [2.24, 2.45) is 10.1 Å². The second-order valence-electron chi connectivity index (χ2n) is 7.21. The lowest BCUT2D eigenvalue weighted by molar-refractivity contribution is 0.217. The van der Waals surface area contributed by atoms with Crippen molar-refractivity contribution in [3.8, 4) is 0 Å². The summed E-state index contributed by atoms with van der Waals surface area (Å²) in [5, 5.41) is 3.14. The van der Waals surface area contributed by atoms with Crippen LogP contribution in [-0.4, -0.2) is 58.6 Å². The number of aromatic nitrogens is 5. The minimum Gasteiger partial charge on any atom is -0.404 e. The van der Waals surface area contributed by atoms with Gasteiger partial charge in [0.15, 0.2) is 5.82 Å². The standard InChI is InChI=1S/C20H26N8O3S/c1-13(2)28-14(3)25-16-12-23-19(9-17(16)28)26-18-5-6-22-20(27-18)15(10-21)11-24-32(29,30)8-7-31-4/h5-6,9-13H,7-8,21H2,1-4H3,(H,22,23,26,27). The molecule has 12 heteroatoms. The van der Waals surface area contributed by atoms with E-state index in [1.165, 1.54) is 19.5 Å². The summed E-state index contributed by atoms with van der Waals surface area (Å²) >= 11 is 0. The third-order valence-corrected chi connectivity index (χ3v) is 5.63. The number of anilines is 2. The molecule has 0 fully saturated rings. The van der Waals surface area contributed by atoms with Gasteiger partial charge in [-0.3, -0.25) is 0 Å². The van der Waals surface area contributed by atoms with Gasteiger partial charge in [-0.15, -0.1) is 0 Å². The fourth-order valence-electron chi connectivity index (χ4n) is 3.09. The Hall–Kier alpha value is -3.38. The minimum atomic E-state index is -3.69. The maximum absolute atomic E-state index is 11.9. The van der Waals surface area contributed by atoms with Gasteiger partial charge in [0.05, 0.1) is 35.9 Å². The summed E-state index contributed by atoms with van der Waals surface area (Å²) in [6.07, 6.45) is 5.55. The molecule has 0 aliphatic carbocycles. The van der Waals surface area contributed by atoms with Gasteiger partial charge in [0.2, 0.25) is 0 Å². The zero-order valence-electron chi connectivity index (χ0n) is 18.3. The van der Waals surface area contributed by atoms with E-state index in [1.807, 2.05) is 13.0 Å². The summed E-state index contributed by atoms with van der Waals surface area (Å²) in [5.41, 5.74) is 7.68. The number of sulfonamides is 1. The highest BCUT2D eigenvalue weighted by atomic mass is 32.2. The highest BCUT2D eigenvalue weighted by Gasteiger charge is 2.13. The number of imidazole rings is 1. The molecule has 3 aromatic heterocycles. The van der Waals surface area contributed by atoms with E-state index in [2.05, 4.69) is 48.1 Å². The Morgan fingerprint density at radius 2 is 2.09 bits per heavy atom. The third-order valence-electron chi connectivity index (χ3n) is 4.52. The average Bonchev–Trinajstić information content (AvgIpc) is 3.08. The molecule has 0 amide bonds. The normalized spacial score (nSPS) is 12.8. The lowest BCUT2D eigenvalue weighted by Gasteiger charge is -2.11. The molecule has 3 N–H and O–H groups in total. The average molecular weight is 459 g/mol. The summed E-state index contributed by atoms with van der Waals surface area (Å²) in [6.45, 7) is 6.19. The van der Waals surface area contributed by atoms with Crippen LogP contribution in [0.25, 0.3) is 16.6 Å². The van der Waals surface area contributed by atoms with E-state index < -0.39 is 10.0 Å². The highest BCUT2D eigenvalue weighted by Crippen LogP contribution is 2.23. The van der Waals surface area contributed by atoms with Crippen LogP contribution in [0.3, 0.4) is 0 Å². The van der Waals surface area contributed by atoms with Gasteiger partial charge in [-0.2, -0.15) is 4.40 Å². The van der Waals surface area contributed by atoms with E-state index in [-0.39, 0.29) is 29.8 Å². The molecule has 0 aliphatic rings. The number of allylic oxidation sites excluding steroid dienone is 1. The predicted molar refractivity (Wildman–Crippen MR) is 124 cm³/mol. The first-order valence-electron chi connectivity index (χ1n) is 9.88. The van der Waals surface area contributed by atoms with Gasteiger partial charge in [-0.25, -0.2) is 28.4 Å². The highest BCUT2D eigenvalue weighted by molar-refractivity contribution is 7.90. The predicted octanol–water partition coefficient (Wildman–Crippen LogP) is 2.20. The van der Waals surface area contributed by atoms with Gasteiger partial charge < -0.3 is 20.4 Å². The van der Waals surface area contributed by atoms with Crippen LogP contribution < -0.4 is 11.1 Å². The summed E-state index contributed by atoms with van der Waals surface area (Å²) in [4.78, 5) is 17.5. The van der Waals surface area contributed by atoms with E-state index in [0.29, 0.717) is 11.6 Å². The molecule has 170 valence electrons. The quantitative estimate of drug-likeness (QED) is 0.460. The van der Waals surface area contributed by atoms with Crippen LogP contribution >= 0.6 is 0 Å². The molecule has 3 rings (SSSR count). The van der Waals surface area contributed by atoms with E-state index in [4.69, 9.17) is 10.5 Å². The van der Waals surface area contributed by atoms with Crippen molar-refractivity contribution >= 4 is 44.5 Å². The van der Waals surface area contributed by atoms with Crippen molar-refractivity contribution in [3.63, 3.8) is 0 Å². The van der Waals surface area contributed by atoms with Crippen LogP contribution in [0.2, 0.25) is 0 Å². The third kappa shape index (κ3) is 5.45. The van der Waals surface area contributed by atoms with Gasteiger partial charge in [0.25, 0.3) is 10.0 Å². The Morgan fingerprint density at radius 1 is 1.31 bits per heavy atom. The van der Waals surface area contributed by atoms with Crippen molar-refractivity contribution in [3.05, 3.63) is 42.4 Å². The number of pyridine rings is 1. The maximum Gasteiger partial charge on any atom is 0.255 e. The first-order valence-corrected chi connectivity index (χ1v) is 11.5. The van der Waals surface area contributed by atoms with Crippen molar-refractivity contribution < 1.29 is 13.2 Å². The van der Waals surface area contributed by atoms with Gasteiger partial charge in [-0.05, 0) is 26.8 Å². The molecule has 0 aliphatic heterocycles. The Morgan fingerprint density at radius 3 is 2.78 bits per heavy atom. The van der Waals surface area contributed by atoms with Crippen LogP contribution in [0.1, 0.15) is 31.5 Å². The van der Waals surface area contributed by atoms with E-state index in [9.17, 15) is 8.42 Å². The Labute approximate surface area is 186 Å². The largest absolute Gasteiger partial charge is 0.404 e. The Kier molecular flexibility index (Phi) is 7.15. The molecule has 0 atom stereocenters. The van der Waals surface area contributed by atoms with Crippen molar-refractivity contribution in [2.75, 3.05) is 24.8 Å². The number of fused-ring (bicyclic) bond motifs is 1. The molecule has 0 bridgehead atoms. The fraction of sp³-hybridized carbons (Fsp3) is 0.350. The SMILES string of the molecule is COCCS(=O)(=O)N=CC(=CN)c1nccc(Nc2cc3c(cn2)nc(C)n3C(C)C)n1. The van der Waals surface area contributed by atoms with Crippen LogP contribution in [0.5, 0.6) is 0 Å². The first kappa shape index (κ1) is 23.3. The number of ether oxygens (including phenoxy) is 1. The van der Waals surface area contributed by atoms with E-state index in [0.717, 1.165) is 23.1 Å². The number of nitrogens with one attached hydrogen (secondary N) is 1. The van der Waals surface area contributed by atoms with Gasteiger partial charge in [0, 0.05) is 31.6 Å². The van der Waals surface area contributed by atoms with Gasteiger partial charge in [0.1, 0.15) is 23.0 Å². The molecule has 3 aromatic rings. The zero-order valence-corrected chi connectivity index (χ0v) is 19.2. The fourth-order valence-corrected chi connectivity index (χ4v) is 3.85. The molecule has 0 unspecified atom stereocenters. The molecule has 0 aromatic carbocycles. The molecule has 3 heterocycles. The van der Waals surface area contributed by atoms with Crippen molar-refractivity contribution in [1.82, 2.24) is 24.5 Å². The molecule has 32 heavy (non-hydrogen) atoms. The number of nitrogens with zero attached hydrogens (tertiary/aromatic N) is 6. The summed E-state index contributed by atoms with van der Waals surface area (Å²) in [6, 6.07) is 3.82. The molecular formula is C20H26N8O3S. The lowest BCUT2D eigenvalue weighted by Crippen LogP contribution is -2.09. The van der Waals surface area contributed by atoms with Crippen molar-refractivity contribution in [2.45, 2.75) is 26.8 Å². The maximum atomic E-state index is 11.9. The smallest absolute Gasteiger partial charge is 0.255 e. The molecule has 0 saturated carbocycles. The van der Waals surface area contributed by atoms with Gasteiger partial charge >= 0.3 is 0 Å². The molecule has 0 saturated heterocycles. The second kappa shape index (κ2) is 9.83. The topological polar surface area (TPSA) is 150 Å². The number of aryl methyl sites for hydroxylation is 1. The molecule has 0 radical (unpaired) electrons. The minimum absolute atomic E-state index is 0.0455. The zero-order chi connectivity index (χ0) is 23.3. The van der Waals surface area contributed by atoms with Crippen molar-refractivity contribution in [1.29, 1.82) is 0 Å². The monoisotopic (exact) mass is 458 g/mol. The van der Waals surface area contributed by atoms with Gasteiger partial charge in [-0.1, -0.05) is 0 Å². The second-order valence-corrected chi connectivity index (χ2v) is 8.99. The number of hydrogen-bond acceptors (Lipinski definition) is 9. The van der Waals surface area contributed by atoms with Crippen LogP contribution in [0.4, 0.5) is 11.6 Å². The number of nitrogens with two attached hydrogens (primary N) is 1. The number of methoxy groups -OCH3 is 1. The van der Waals surface area contributed by atoms with E-state index in [1.54, 1.807) is 12.3 Å². The first-order chi connectivity index (χ1) is 15.2. The Bertz CT molecular complexity index is 1270. The number of rotatable bonds is 9. The number of hydrogen-bond donors (Lipinski definition) is 2. The van der Waals surface area contributed by atoms with Crippen LogP contribution in [-0.2, 0) is 14.8 Å². The summed E-state index contributed by atoms with van der Waals surface area (Å²) < 4.78 is 34.4. The van der Waals surface area contributed by atoms with Crippen LogP contribution in [0.15, 0.2) is 35.1 Å². The Balaban J connectivity index is 1.85. The van der Waals surface area contributed by atoms with E-state index >= 15 is 0 Å². The molecule has 11 nitrogen and oxygen atoms in total. The summed E-state index contributed by atoms with van der Waals surface area (Å²) in [5.74, 6) is 1.94. The summed E-state index contributed by atoms with van der Waals surface area (Å²) in [7, 11) is -2.27. The molecular weight excluding hydrogens is 432 g/mol. The van der Waals surface area contributed by atoms with Crippen LogP contribution in [0, 0.1) is 6.92 Å².